The van der Waals surface area contributed by atoms with E-state index in [-0.39, 0.29) is 30.2 Å². The SMILES string of the molecule is Cc1cc(CNC(=O)CNC(=O)c2cccc([N+](=O)[O-])c2)ccc1F. The number of amides is 2. The second kappa shape index (κ2) is 8.00. The highest BCUT2D eigenvalue weighted by Gasteiger charge is 2.12. The topological polar surface area (TPSA) is 101 Å². The van der Waals surface area contributed by atoms with E-state index in [0.29, 0.717) is 5.56 Å². The van der Waals surface area contributed by atoms with Crippen molar-refractivity contribution in [2.75, 3.05) is 6.54 Å². The van der Waals surface area contributed by atoms with Gasteiger partial charge in [-0.2, -0.15) is 0 Å². The Labute approximate surface area is 143 Å². The van der Waals surface area contributed by atoms with E-state index in [1.807, 2.05) is 0 Å². The molecule has 0 spiro atoms. The molecule has 0 unspecified atom stereocenters. The number of benzene rings is 2. The van der Waals surface area contributed by atoms with Crippen LogP contribution >= 0.6 is 0 Å². The summed E-state index contributed by atoms with van der Waals surface area (Å²) in [6.45, 7) is 1.55. The van der Waals surface area contributed by atoms with Crippen molar-refractivity contribution in [3.05, 3.63) is 75.1 Å². The fourth-order valence-corrected chi connectivity index (χ4v) is 2.10. The summed E-state index contributed by atoms with van der Waals surface area (Å²) in [5, 5.41) is 15.7. The number of aryl methyl sites for hydroxylation is 1. The number of nitrogens with zero attached hydrogens (tertiary/aromatic N) is 1. The summed E-state index contributed by atoms with van der Waals surface area (Å²) in [6.07, 6.45) is 0. The average Bonchev–Trinajstić information content (AvgIpc) is 2.60. The average molecular weight is 345 g/mol. The third-order valence-electron chi connectivity index (χ3n) is 3.44. The van der Waals surface area contributed by atoms with Crippen molar-refractivity contribution in [2.45, 2.75) is 13.5 Å². The number of nitro benzene ring substituents is 1. The van der Waals surface area contributed by atoms with E-state index in [2.05, 4.69) is 10.6 Å². The largest absolute Gasteiger partial charge is 0.350 e. The lowest BCUT2D eigenvalue weighted by Crippen LogP contribution is -2.36. The standard InChI is InChI=1S/C17H16FN3O4/c1-11-7-12(5-6-15(11)18)9-19-16(22)10-20-17(23)13-3-2-4-14(8-13)21(24)25/h2-8H,9-10H2,1H3,(H,19,22)(H,20,23). The second-order valence-electron chi connectivity index (χ2n) is 5.35. The molecule has 8 heteroatoms. The van der Waals surface area contributed by atoms with Gasteiger partial charge in [-0.1, -0.05) is 18.2 Å². The first-order chi connectivity index (χ1) is 11.9. The summed E-state index contributed by atoms with van der Waals surface area (Å²) in [4.78, 5) is 33.8. The van der Waals surface area contributed by atoms with Crippen molar-refractivity contribution in [1.29, 1.82) is 0 Å². The first-order valence-electron chi connectivity index (χ1n) is 7.41. The zero-order valence-corrected chi connectivity index (χ0v) is 13.4. The van der Waals surface area contributed by atoms with Crippen molar-refractivity contribution < 1.29 is 18.9 Å². The van der Waals surface area contributed by atoms with Gasteiger partial charge in [0.2, 0.25) is 5.91 Å². The molecule has 0 heterocycles. The van der Waals surface area contributed by atoms with E-state index < -0.39 is 16.7 Å². The van der Waals surface area contributed by atoms with Crippen molar-refractivity contribution in [3.63, 3.8) is 0 Å². The van der Waals surface area contributed by atoms with Crippen LogP contribution < -0.4 is 10.6 Å². The van der Waals surface area contributed by atoms with Gasteiger partial charge in [0.1, 0.15) is 5.82 Å². The van der Waals surface area contributed by atoms with Gasteiger partial charge in [0.05, 0.1) is 11.5 Å². The molecular formula is C17H16FN3O4. The molecule has 2 aromatic rings. The Balaban J connectivity index is 1.85. The van der Waals surface area contributed by atoms with Gasteiger partial charge < -0.3 is 10.6 Å². The first-order valence-corrected chi connectivity index (χ1v) is 7.41. The number of rotatable bonds is 6. The van der Waals surface area contributed by atoms with Gasteiger partial charge in [0.25, 0.3) is 11.6 Å². The van der Waals surface area contributed by atoms with E-state index >= 15 is 0 Å². The Morgan fingerprint density at radius 3 is 2.60 bits per heavy atom. The first kappa shape index (κ1) is 18.1. The van der Waals surface area contributed by atoms with Crippen LogP contribution in [0.25, 0.3) is 0 Å². The predicted molar refractivity (Wildman–Crippen MR) is 88.4 cm³/mol. The van der Waals surface area contributed by atoms with Crippen LogP contribution in [0, 0.1) is 22.9 Å². The second-order valence-corrected chi connectivity index (χ2v) is 5.35. The van der Waals surface area contributed by atoms with E-state index in [0.717, 1.165) is 11.6 Å². The van der Waals surface area contributed by atoms with Crippen LogP contribution in [0.5, 0.6) is 0 Å². The molecule has 130 valence electrons. The van der Waals surface area contributed by atoms with Crippen LogP contribution in [0.4, 0.5) is 10.1 Å². The van der Waals surface area contributed by atoms with E-state index in [1.54, 1.807) is 19.1 Å². The molecule has 0 bridgehead atoms. The quantitative estimate of drug-likeness (QED) is 0.618. The van der Waals surface area contributed by atoms with E-state index in [1.165, 1.54) is 24.3 Å². The molecule has 2 aromatic carbocycles. The van der Waals surface area contributed by atoms with Crippen molar-refractivity contribution >= 4 is 17.5 Å². The molecule has 0 atom stereocenters. The molecule has 2 amide bonds. The van der Waals surface area contributed by atoms with E-state index in [9.17, 15) is 24.1 Å². The number of carbonyl (C=O) groups is 2. The Morgan fingerprint density at radius 1 is 1.16 bits per heavy atom. The Morgan fingerprint density at radius 2 is 1.92 bits per heavy atom. The summed E-state index contributed by atoms with van der Waals surface area (Å²) in [7, 11) is 0. The summed E-state index contributed by atoms with van der Waals surface area (Å²) < 4.78 is 13.2. The Bertz CT molecular complexity index is 823. The molecule has 0 saturated carbocycles. The molecule has 0 radical (unpaired) electrons. The van der Waals surface area contributed by atoms with Gasteiger partial charge in [-0.15, -0.1) is 0 Å². The third kappa shape index (κ3) is 5.10. The molecule has 2 rings (SSSR count). The maximum absolute atomic E-state index is 13.2. The Hall–Kier alpha value is -3.29. The molecule has 0 aliphatic carbocycles. The number of halogens is 1. The van der Waals surface area contributed by atoms with E-state index in [4.69, 9.17) is 0 Å². The maximum Gasteiger partial charge on any atom is 0.270 e. The highest BCUT2D eigenvalue weighted by Crippen LogP contribution is 2.12. The number of non-ortho nitro benzene ring substituents is 1. The number of hydrogen-bond donors (Lipinski definition) is 2. The van der Waals surface area contributed by atoms with Gasteiger partial charge in [0, 0.05) is 24.2 Å². The highest BCUT2D eigenvalue weighted by molar-refractivity contribution is 5.96. The molecule has 25 heavy (non-hydrogen) atoms. The summed E-state index contributed by atoms with van der Waals surface area (Å²) in [5.74, 6) is -1.34. The maximum atomic E-state index is 13.2. The Kier molecular flexibility index (Phi) is 5.78. The molecular weight excluding hydrogens is 329 g/mol. The smallest absolute Gasteiger partial charge is 0.270 e. The lowest BCUT2D eigenvalue weighted by Gasteiger charge is -2.08. The minimum Gasteiger partial charge on any atom is -0.350 e. The lowest BCUT2D eigenvalue weighted by atomic mass is 10.1. The number of hydrogen-bond acceptors (Lipinski definition) is 4. The van der Waals surface area contributed by atoms with Crippen LogP contribution in [-0.2, 0) is 11.3 Å². The summed E-state index contributed by atoms with van der Waals surface area (Å²) in [6, 6.07) is 9.72. The van der Waals surface area contributed by atoms with Crippen molar-refractivity contribution in [1.82, 2.24) is 10.6 Å². The third-order valence-corrected chi connectivity index (χ3v) is 3.44. The molecule has 0 aliphatic heterocycles. The van der Waals surface area contributed by atoms with Crippen LogP contribution in [-0.4, -0.2) is 23.3 Å². The number of nitro groups is 1. The molecule has 2 N–H and O–H groups in total. The van der Waals surface area contributed by atoms with Gasteiger partial charge >= 0.3 is 0 Å². The molecule has 0 saturated heterocycles. The summed E-state index contributed by atoms with van der Waals surface area (Å²) in [5.41, 5.74) is 1.10. The zero-order chi connectivity index (χ0) is 18.4. The minimum absolute atomic E-state index is 0.0937. The van der Waals surface area contributed by atoms with Crippen LogP contribution in [0.15, 0.2) is 42.5 Å². The normalized spacial score (nSPS) is 10.2. The molecule has 0 fully saturated rings. The van der Waals surface area contributed by atoms with Gasteiger partial charge in [-0.3, -0.25) is 19.7 Å². The zero-order valence-electron chi connectivity index (χ0n) is 13.4. The molecule has 0 aliphatic rings. The fourth-order valence-electron chi connectivity index (χ4n) is 2.10. The van der Waals surface area contributed by atoms with Crippen LogP contribution in [0.3, 0.4) is 0 Å². The summed E-state index contributed by atoms with van der Waals surface area (Å²) >= 11 is 0. The van der Waals surface area contributed by atoms with Crippen molar-refractivity contribution in [2.24, 2.45) is 0 Å². The molecule has 0 aromatic heterocycles. The number of nitrogens with one attached hydrogen (secondary N) is 2. The fraction of sp³-hybridized carbons (Fsp3) is 0.176. The monoisotopic (exact) mass is 345 g/mol. The van der Waals surface area contributed by atoms with Crippen LogP contribution in [0.2, 0.25) is 0 Å². The van der Waals surface area contributed by atoms with Gasteiger partial charge in [-0.05, 0) is 30.2 Å². The predicted octanol–water partition coefficient (Wildman–Crippen LogP) is 2.09. The molecule has 7 nitrogen and oxygen atoms in total. The minimum atomic E-state index is -0.603. The van der Waals surface area contributed by atoms with Crippen molar-refractivity contribution in [3.8, 4) is 0 Å². The van der Waals surface area contributed by atoms with Gasteiger partial charge in [0.15, 0.2) is 0 Å². The lowest BCUT2D eigenvalue weighted by molar-refractivity contribution is -0.384. The number of carbonyl (C=O) groups excluding carboxylic acids is 2. The van der Waals surface area contributed by atoms with Crippen LogP contribution in [0.1, 0.15) is 21.5 Å². The highest BCUT2D eigenvalue weighted by atomic mass is 19.1. The van der Waals surface area contributed by atoms with Gasteiger partial charge in [-0.25, -0.2) is 4.39 Å².